The Morgan fingerprint density at radius 2 is 1.69 bits per heavy atom. The predicted octanol–water partition coefficient (Wildman–Crippen LogP) is 5.86. The van der Waals surface area contributed by atoms with Crippen LogP contribution in [0, 0.1) is 15.9 Å². The molecule has 11 nitrogen and oxygen atoms in total. The van der Waals surface area contributed by atoms with E-state index in [1.807, 2.05) is 35.2 Å². The van der Waals surface area contributed by atoms with Gasteiger partial charge < -0.3 is 19.7 Å². The molecule has 0 aliphatic carbocycles. The molecular weight excluding hydrogens is 704 g/mol. The second kappa shape index (κ2) is 16.8. The van der Waals surface area contributed by atoms with Gasteiger partial charge >= 0.3 is 6.18 Å². The molecule has 2 heterocycles. The number of halogens is 4. The second-order valence-electron chi connectivity index (χ2n) is 12.6. The van der Waals surface area contributed by atoms with Crippen LogP contribution in [0.2, 0.25) is 0 Å². The Kier molecular flexibility index (Phi) is 12.5. The van der Waals surface area contributed by atoms with Gasteiger partial charge in [0.25, 0.3) is 11.6 Å². The molecule has 0 aromatic heterocycles. The Labute approximate surface area is 301 Å². The van der Waals surface area contributed by atoms with E-state index < -0.39 is 57.6 Å². The first kappa shape index (κ1) is 38.6. The van der Waals surface area contributed by atoms with Gasteiger partial charge in [-0.1, -0.05) is 55.1 Å². The summed E-state index contributed by atoms with van der Waals surface area (Å²) in [4.78, 5) is 32.1. The summed E-state index contributed by atoms with van der Waals surface area (Å²) in [5, 5.41) is 14.6. The Morgan fingerprint density at radius 3 is 2.35 bits per heavy atom. The lowest BCUT2D eigenvalue weighted by atomic mass is 10.0. The number of carbonyl (C=O) groups is 1. The summed E-state index contributed by atoms with van der Waals surface area (Å²) in [5.74, 6) is -1.35. The number of hydrogen-bond acceptors (Lipinski definition) is 8. The van der Waals surface area contributed by atoms with Crippen molar-refractivity contribution in [1.29, 1.82) is 0 Å². The number of rotatable bonds is 14. The van der Waals surface area contributed by atoms with Gasteiger partial charge in [-0.05, 0) is 43.1 Å². The van der Waals surface area contributed by atoms with Crippen molar-refractivity contribution in [2.24, 2.45) is 0 Å². The number of nitro benzene ring substituents is 1. The zero-order valence-electron chi connectivity index (χ0n) is 28.5. The number of allylic oxidation sites excluding steroid dienone is 1. The molecule has 52 heavy (non-hydrogen) atoms. The van der Waals surface area contributed by atoms with Crippen molar-refractivity contribution in [3.8, 4) is 0 Å². The van der Waals surface area contributed by atoms with Gasteiger partial charge in [-0.2, -0.15) is 13.2 Å². The van der Waals surface area contributed by atoms with E-state index in [0.717, 1.165) is 29.3 Å². The molecule has 3 aromatic rings. The molecule has 16 heteroatoms. The number of nitrogens with zero attached hydrogens (tertiary/aromatic N) is 5. The molecule has 0 radical (unpaired) electrons. The van der Waals surface area contributed by atoms with Gasteiger partial charge in [0.1, 0.15) is 17.3 Å². The Bertz CT molecular complexity index is 1840. The van der Waals surface area contributed by atoms with Crippen LogP contribution in [0.25, 0.3) is 0 Å². The van der Waals surface area contributed by atoms with Crippen LogP contribution in [0.1, 0.15) is 41.6 Å². The summed E-state index contributed by atoms with van der Waals surface area (Å²) in [6.45, 7) is 7.70. The van der Waals surface area contributed by atoms with E-state index in [9.17, 15) is 36.8 Å². The lowest BCUT2D eigenvalue weighted by Crippen LogP contribution is -2.54. The number of hydrogen-bond donors (Lipinski definition) is 2. The highest BCUT2D eigenvalue weighted by Gasteiger charge is 2.40. The van der Waals surface area contributed by atoms with Crippen LogP contribution >= 0.6 is 0 Å². The normalized spacial score (nSPS) is 17.2. The minimum atomic E-state index is -4.83. The van der Waals surface area contributed by atoms with Crippen LogP contribution in [0.4, 0.5) is 23.2 Å². The number of amides is 1. The molecule has 1 unspecified atom stereocenters. The Morgan fingerprint density at radius 1 is 1.00 bits per heavy atom. The highest BCUT2D eigenvalue weighted by Crippen LogP contribution is 2.37. The van der Waals surface area contributed by atoms with Crippen molar-refractivity contribution in [2.45, 2.75) is 38.7 Å². The SMILES string of the molecule is C=C1N(C[C@H](NCCCS(=O)O)c2ccccc2)C(=O)C(N2CCN(Cc3cccc([N+](=O)[O-])c3)CC2)=C(C)N1Cc1c(F)cccc1C(F)(F)F. The fraction of sp³-hybridized carbons (Fsp3) is 0.361. The number of carbonyl (C=O) groups excluding carboxylic acids is 1. The van der Waals surface area contributed by atoms with Gasteiger partial charge in [-0.15, -0.1) is 0 Å². The lowest BCUT2D eigenvalue weighted by molar-refractivity contribution is -0.384. The maximum atomic E-state index is 15.2. The molecule has 278 valence electrons. The first-order valence-corrected chi connectivity index (χ1v) is 17.9. The first-order valence-electron chi connectivity index (χ1n) is 16.6. The highest BCUT2D eigenvalue weighted by molar-refractivity contribution is 7.79. The molecule has 1 amide bonds. The van der Waals surface area contributed by atoms with Crippen LogP contribution in [0.3, 0.4) is 0 Å². The second-order valence-corrected chi connectivity index (χ2v) is 13.7. The zero-order valence-corrected chi connectivity index (χ0v) is 29.3. The molecule has 0 saturated carbocycles. The standard InChI is InChI=1S/C36H40F4N6O5S/c1-25-34(43-18-16-42(17-19-43)22-27-9-6-12-29(21-27)46(48)49)35(47)45(24-33(28-10-4-3-5-11-28)41-15-8-20-52(50)51)26(2)44(25)23-30-31(36(38,39)40)13-7-14-32(30)37/h3-7,9-14,21,33,41H,2,8,15-20,22-24H2,1H3,(H,50,51)/t33-/m0/s1. The third-order valence-electron chi connectivity index (χ3n) is 9.23. The van der Waals surface area contributed by atoms with E-state index in [4.69, 9.17) is 0 Å². The topological polar surface area (TPSA) is 123 Å². The van der Waals surface area contributed by atoms with Crippen molar-refractivity contribution in [1.82, 2.24) is 24.9 Å². The minimum Gasteiger partial charge on any atom is -0.363 e. The van der Waals surface area contributed by atoms with E-state index in [1.165, 1.54) is 21.9 Å². The van der Waals surface area contributed by atoms with E-state index in [-0.39, 0.29) is 29.5 Å². The van der Waals surface area contributed by atoms with Gasteiger partial charge in [0.2, 0.25) is 0 Å². The fourth-order valence-corrected chi connectivity index (χ4v) is 6.95. The molecule has 1 fully saturated rings. The van der Waals surface area contributed by atoms with Gasteiger partial charge in [-0.3, -0.25) is 24.7 Å². The van der Waals surface area contributed by atoms with Crippen molar-refractivity contribution in [3.05, 3.63) is 135 Å². The number of nitro groups is 1. The molecule has 5 rings (SSSR count). The minimum absolute atomic E-state index is 0.00727. The van der Waals surface area contributed by atoms with Crippen molar-refractivity contribution in [2.75, 3.05) is 45.0 Å². The van der Waals surface area contributed by atoms with Crippen LogP contribution in [-0.2, 0) is 35.1 Å². The predicted molar refractivity (Wildman–Crippen MR) is 188 cm³/mol. The number of non-ortho nitro benzene ring substituents is 1. The first-order chi connectivity index (χ1) is 24.7. The molecule has 3 aromatic carbocycles. The number of benzene rings is 3. The molecule has 2 aliphatic heterocycles. The fourth-order valence-electron chi connectivity index (χ4n) is 6.56. The maximum absolute atomic E-state index is 15.2. The highest BCUT2D eigenvalue weighted by atomic mass is 32.2. The average Bonchev–Trinajstić information content (AvgIpc) is 3.10. The zero-order chi connectivity index (χ0) is 37.6. The third-order valence-corrected chi connectivity index (χ3v) is 9.87. The largest absolute Gasteiger partial charge is 0.416 e. The molecular formula is C36H40F4N6O5S. The quantitative estimate of drug-likeness (QED) is 0.0688. The molecule has 0 spiro atoms. The summed E-state index contributed by atoms with van der Waals surface area (Å²) in [7, 11) is 0. The summed E-state index contributed by atoms with van der Waals surface area (Å²) in [6.07, 6.45) is -4.47. The third kappa shape index (κ3) is 9.23. The van der Waals surface area contributed by atoms with Crippen LogP contribution < -0.4 is 5.32 Å². The maximum Gasteiger partial charge on any atom is 0.416 e. The van der Waals surface area contributed by atoms with Crippen molar-refractivity contribution < 1.29 is 36.0 Å². The van der Waals surface area contributed by atoms with Crippen LogP contribution in [0.15, 0.2) is 96.6 Å². The van der Waals surface area contributed by atoms with Gasteiger partial charge in [0.05, 0.1) is 28.8 Å². The molecule has 2 atom stereocenters. The van der Waals surface area contributed by atoms with Crippen LogP contribution in [-0.4, -0.2) is 84.2 Å². The van der Waals surface area contributed by atoms with Gasteiger partial charge in [0.15, 0.2) is 11.1 Å². The Hall–Kier alpha value is -4.64. The van der Waals surface area contributed by atoms with Gasteiger partial charge in [-0.25, -0.2) is 8.60 Å². The van der Waals surface area contributed by atoms with E-state index in [2.05, 4.69) is 16.8 Å². The van der Waals surface area contributed by atoms with Crippen molar-refractivity contribution in [3.63, 3.8) is 0 Å². The summed E-state index contributed by atoms with van der Waals surface area (Å²) >= 11 is -1.98. The monoisotopic (exact) mass is 744 g/mol. The summed E-state index contributed by atoms with van der Waals surface area (Å²) < 4.78 is 78.1. The molecule has 1 saturated heterocycles. The van der Waals surface area contributed by atoms with E-state index >= 15 is 4.39 Å². The lowest BCUT2D eigenvalue weighted by Gasteiger charge is -2.46. The van der Waals surface area contributed by atoms with Crippen LogP contribution in [0.5, 0.6) is 0 Å². The van der Waals surface area contributed by atoms with Crippen molar-refractivity contribution >= 4 is 22.7 Å². The average molecular weight is 745 g/mol. The van der Waals surface area contributed by atoms with E-state index in [0.29, 0.717) is 51.4 Å². The number of alkyl halides is 3. The molecule has 2 N–H and O–H groups in total. The summed E-state index contributed by atoms with van der Waals surface area (Å²) in [5.41, 5.74) is 0.407. The van der Waals surface area contributed by atoms with E-state index in [1.54, 1.807) is 19.1 Å². The number of piperazine rings is 1. The Balaban J connectivity index is 1.46. The van der Waals surface area contributed by atoms with Gasteiger partial charge in [0, 0.05) is 62.7 Å². The molecule has 2 aliphatic rings. The number of nitrogens with one attached hydrogen (secondary N) is 1. The smallest absolute Gasteiger partial charge is 0.363 e. The summed E-state index contributed by atoms with van der Waals surface area (Å²) in [6, 6.07) is 17.9. The molecule has 0 bridgehead atoms.